The van der Waals surface area contributed by atoms with Crippen LogP contribution in [0.25, 0.3) is 0 Å². The van der Waals surface area contributed by atoms with E-state index in [-0.39, 0.29) is 12.3 Å². The van der Waals surface area contributed by atoms with Crippen molar-refractivity contribution >= 4 is 10.1 Å². The zero-order valence-electron chi connectivity index (χ0n) is 7.23. The van der Waals surface area contributed by atoms with Crippen LogP contribution >= 0.6 is 0 Å². The lowest BCUT2D eigenvalue weighted by atomic mass is 10.5. The zero-order chi connectivity index (χ0) is 10.2. The first-order valence-electron chi connectivity index (χ1n) is 3.80. The quantitative estimate of drug-likeness (QED) is 0.412. The molecule has 0 aliphatic carbocycles. The first-order valence-corrected chi connectivity index (χ1v) is 5.41. The molecule has 1 aliphatic heterocycles. The van der Waals surface area contributed by atoms with Gasteiger partial charge >= 0.3 is 0 Å². The van der Waals surface area contributed by atoms with Crippen molar-refractivity contribution in [2.75, 3.05) is 25.5 Å². The van der Waals surface area contributed by atoms with Crippen molar-refractivity contribution in [2.24, 2.45) is 5.73 Å². The van der Waals surface area contributed by atoms with Crippen LogP contribution < -0.4 is 16.4 Å². The third-order valence-corrected chi connectivity index (χ3v) is 1.85. The van der Waals surface area contributed by atoms with Crippen LogP contribution in [-0.2, 0) is 10.1 Å². The molecular weight excluding hydrogens is 194 g/mol. The van der Waals surface area contributed by atoms with Gasteiger partial charge in [0.1, 0.15) is 0 Å². The van der Waals surface area contributed by atoms with Crippen LogP contribution in [0.3, 0.4) is 0 Å². The maximum Gasteiger partial charge on any atom is 0.266 e. The molecule has 1 heterocycles. The van der Waals surface area contributed by atoms with Crippen LogP contribution in [0.15, 0.2) is 12.3 Å². The van der Waals surface area contributed by atoms with Crippen LogP contribution in [0.4, 0.5) is 0 Å². The zero-order valence-corrected chi connectivity index (χ0v) is 8.05. The first kappa shape index (κ1) is 12.4. The second-order valence-corrected chi connectivity index (χ2v) is 3.88. The third-order valence-electron chi connectivity index (χ3n) is 1.10. The molecule has 0 aromatic carbocycles. The molecule has 0 radical (unpaired) electrons. The molecule has 0 atom stereocenters. The van der Waals surface area contributed by atoms with Gasteiger partial charge in [-0.2, -0.15) is 8.42 Å². The summed E-state index contributed by atoms with van der Waals surface area (Å²) in [5, 5.41) is 6.08. The van der Waals surface area contributed by atoms with Gasteiger partial charge in [0, 0.05) is 13.1 Å². The summed E-state index contributed by atoms with van der Waals surface area (Å²) >= 11 is 0. The van der Waals surface area contributed by atoms with Crippen molar-refractivity contribution in [1.82, 2.24) is 10.6 Å². The fraction of sp³-hybridized carbons (Fsp3) is 0.667. The molecular formula is C6H15N3O3S. The Morgan fingerprint density at radius 3 is 2.31 bits per heavy atom. The van der Waals surface area contributed by atoms with Gasteiger partial charge in [0.2, 0.25) is 0 Å². The number of hydrogen-bond donors (Lipinski definition) is 4. The molecule has 13 heavy (non-hydrogen) atoms. The van der Waals surface area contributed by atoms with Gasteiger partial charge in [-0.1, -0.05) is 6.08 Å². The summed E-state index contributed by atoms with van der Waals surface area (Å²) in [6.45, 7) is 1.89. The van der Waals surface area contributed by atoms with Gasteiger partial charge in [-0.15, -0.1) is 0 Å². The number of hydrogen-bond acceptors (Lipinski definition) is 5. The van der Waals surface area contributed by atoms with Crippen molar-refractivity contribution in [3.05, 3.63) is 12.3 Å². The highest BCUT2D eigenvalue weighted by molar-refractivity contribution is 7.85. The second kappa shape index (κ2) is 6.84. The van der Waals surface area contributed by atoms with Gasteiger partial charge in [0.05, 0.1) is 12.4 Å². The molecule has 78 valence electrons. The molecule has 0 spiro atoms. The number of nitrogens with one attached hydrogen (secondary N) is 2. The predicted molar refractivity (Wildman–Crippen MR) is 50.6 cm³/mol. The standard InChI is InChI=1S/C4H8N2.C2H7NO3S/c1-2-5-4-6-3-1;3-1-2-7(4,5)6/h1-2,5-6H,3-4H2;1-3H2,(H,4,5,6). The first-order chi connectivity index (χ1) is 6.06. The average molecular weight is 209 g/mol. The molecule has 0 aromatic heterocycles. The molecule has 0 unspecified atom stereocenters. The van der Waals surface area contributed by atoms with Crippen LogP contribution in [-0.4, -0.2) is 38.5 Å². The summed E-state index contributed by atoms with van der Waals surface area (Å²) in [6.07, 6.45) is 4.00. The van der Waals surface area contributed by atoms with Gasteiger partial charge in [0.15, 0.2) is 0 Å². The summed E-state index contributed by atoms with van der Waals surface area (Å²) in [6, 6.07) is 0. The van der Waals surface area contributed by atoms with Crippen LogP contribution in [0.2, 0.25) is 0 Å². The molecule has 0 saturated heterocycles. The van der Waals surface area contributed by atoms with Crippen molar-refractivity contribution in [3.63, 3.8) is 0 Å². The van der Waals surface area contributed by atoms with Gasteiger partial charge in [-0.25, -0.2) is 0 Å². The van der Waals surface area contributed by atoms with Gasteiger partial charge in [-0.05, 0) is 6.20 Å². The van der Waals surface area contributed by atoms with Gasteiger partial charge in [-0.3, -0.25) is 9.87 Å². The molecule has 6 nitrogen and oxygen atoms in total. The fourth-order valence-corrected chi connectivity index (χ4v) is 0.876. The Morgan fingerprint density at radius 1 is 1.54 bits per heavy atom. The summed E-state index contributed by atoms with van der Waals surface area (Å²) < 4.78 is 27.3. The lowest BCUT2D eigenvalue weighted by molar-refractivity contribution is 0.483. The van der Waals surface area contributed by atoms with Crippen molar-refractivity contribution < 1.29 is 13.0 Å². The lowest BCUT2D eigenvalue weighted by Crippen LogP contribution is -2.29. The third kappa shape index (κ3) is 11.4. The van der Waals surface area contributed by atoms with Crippen LogP contribution in [0.5, 0.6) is 0 Å². The van der Waals surface area contributed by atoms with E-state index in [0.717, 1.165) is 13.2 Å². The van der Waals surface area contributed by atoms with E-state index in [0.29, 0.717) is 0 Å². The maximum atomic E-state index is 9.71. The molecule has 0 aromatic rings. The Hall–Kier alpha value is -0.630. The van der Waals surface area contributed by atoms with E-state index in [4.69, 9.17) is 10.3 Å². The Morgan fingerprint density at radius 2 is 2.23 bits per heavy atom. The molecule has 7 heteroatoms. The van der Waals surface area contributed by atoms with E-state index in [9.17, 15) is 8.42 Å². The minimum atomic E-state index is -3.80. The van der Waals surface area contributed by atoms with Crippen LogP contribution in [0.1, 0.15) is 0 Å². The van der Waals surface area contributed by atoms with E-state index in [1.807, 2.05) is 12.3 Å². The van der Waals surface area contributed by atoms with E-state index in [1.54, 1.807) is 0 Å². The molecule has 1 rings (SSSR count). The molecule has 0 fully saturated rings. The Bertz CT molecular complexity index is 230. The van der Waals surface area contributed by atoms with Gasteiger partial charge in [0.25, 0.3) is 10.1 Å². The second-order valence-electron chi connectivity index (χ2n) is 2.31. The minimum absolute atomic E-state index is 0.0289. The molecule has 5 N–H and O–H groups in total. The molecule has 0 amide bonds. The largest absolute Gasteiger partial charge is 0.379 e. The van der Waals surface area contributed by atoms with Gasteiger partial charge < -0.3 is 11.1 Å². The normalized spacial score (nSPS) is 15.5. The Kier molecular flexibility index (Phi) is 6.51. The molecule has 0 saturated carbocycles. The molecule has 1 aliphatic rings. The summed E-state index contributed by atoms with van der Waals surface area (Å²) in [5.41, 5.74) is 4.78. The van der Waals surface area contributed by atoms with Crippen molar-refractivity contribution in [3.8, 4) is 0 Å². The molecule has 0 bridgehead atoms. The Labute approximate surface area is 77.9 Å². The SMILES string of the molecule is C1=CNCNC1.NCCS(=O)(=O)O. The van der Waals surface area contributed by atoms with Crippen LogP contribution in [0, 0.1) is 0 Å². The summed E-state index contributed by atoms with van der Waals surface area (Å²) in [5.74, 6) is -0.354. The summed E-state index contributed by atoms with van der Waals surface area (Å²) in [4.78, 5) is 0. The highest BCUT2D eigenvalue weighted by Gasteiger charge is 1.98. The summed E-state index contributed by atoms with van der Waals surface area (Å²) in [7, 11) is -3.80. The highest BCUT2D eigenvalue weighted by atomic mass is 32.2. The average Bonchev–Trinajstić information content (AvgIpc) is 2.06. The monoisotopic (exact) mass is 209 g/mol. The van der Waals surface area contributed by atoms with E-state index in [1.165, 1.54) is 0 Å². The van der Waals surface area contributed by atoms with E-state index < -0.39 is 10.1 Å². The predicted octanol–water partition coefficient (Wildman–Crippen LogP) is -1.52. The topological polar surface area (TPSA) is 104 Å². The fourth-order valence-electron chi connectivity index (χ4n) is 0.578. The Balaban J connectivity index is 0.000000223. The number of nitrogens with two attached hydrogens (primary N) is 1. The highest BCUT2D eigenvalue weighted by Crippen LogP contribution is 1.74. The lowest BCUT2D eigenvalue weighted by Gasteiger charge is -2.05. The van der Waals surface area contributed by atoms with Crippen molar-refractivity contribution in [2.45, 2.75) is 0 Å². The van der Waals surface area contributed by atoms with E-state index >= 15 is 0 Å². The maximum absolute atomic E-state index is 9.71. The van der Waals surface area contributed by atoms with Crippen molar-refractivity contribution in [1.29, 1.82) is 0 Å². The number of rotatable bonds is 2. The smallest absolute Gasteiger partial charge is 0.266 e. The van der Waals surface area contributed by atoms with E-state index in [2.05, 4.69) is 10.6 Å². The minimum Gasteiger partial charge on any atom is -0.379 e.